The Labute approximate surface area is 242 Å². The van der Waals surface area contributed by atoms with Crippen LogP contribution in [0.1, 0.15) is 148 Å². The van der Waals surface area contributed by atoms with Crippen molar-refractivity contribution in [2.75, 3.05) is 19.8 Å². The van der Waals surface area contributed by atoms with E-state index in [0.29, 0.717) is 39.0 Å². The molecule has 2 amide bonds. The van der Waals surface area contributed by atoms with E-state index in [4.69, 9.17) is 9.84 Å². The van der Waals surface area contributed by atoms with Crippen LogP contribution in [0.2, 0.25) is 0 Å². The van der Waals surface area contributed by atoms with Crippen molar-refractivity contribution in [1.82, 2.24) is 10.6 Å². The van der Waals surface area contributed by atoms with E-state index in [0.717, 1.165) is 44.9 Å². The number of hydrogen-bond acceptors (Lipinski definition) is 5. The zero-order chi connectivity index (χ0) is 29.7. The summed E-state index contributed by atoms with van der Waals surface area (Å²) in [6.45, 7) is 3.82. The van der Waals surface area contributed by atoms with Gasteiger partial charge in [-0.1, -0.05) is 96.8 Å². The number of amides is 2. The zero-order valence-electron chi connectivity index (χ0n) is 25.2. The minimum Gasteiger partial charge on any atom is -0.481 e. The lowest BCUT2D eigenvalue weighted by Gasteiger charge is -2.14. The van der Waals surface area contributed by atoms with Gasteiger partial charge in [0.25, 0.3) is 0 Å². The van der Waals surface area contributed by atoms with Gasteiger partial charge in [0.15, 0.2) is 0 Å². The maximum absolute atomic E-state index is 12.2. The molecule has 4 N–H and O–H groups in total. The third-order valence-corrected chi connectivity index (χ3v) is 6.97. The van der Waals surface area contributed by atoms with Crippen molar-refractivity contribution in [2.45, 2.75) is 154 Å². The molecule has 0 spiro atoms. The highest BCUT2D eigenvalue weighted by Crippen LogP contribution is 2.14. The highest BCUT2D eigenvalue weighted by Gasteiger charge is 2.20. The number of carboxylic acids is 2. The highest BCUT2D eigenvalue weighted by molar-refractivity contribution is 5.84. The molecule has 0 unspecified atom stereocenters. The minimum atomic E-state index is -1.11. The summed E-state index contributed by atoms with van der Waals surface area (Å²) >= 11 is 0. The lowest BCUT2D eigenvalue weighted by Crippen LogP contribution is -2.41. The van der Waals surface area contributed by atoms with E-state index in [-0.39, 0.29) is 24.7 Å². The Morgan fingerprint density at radius 3 is 1.52 bits per heavy atom. The molecule has 0 radical (unpaired) electrons. The van der Waals surface area contributed by atoms with Crippen molar-refractivity contribution in [3.63, 3.8) is 0 Å². The summed E-state index contributed by atoms with van der Waals surface area (Å²) in [5.41, 5.74) is 0. The number of nitrogens with one attached hydrogen (secondary N) is 2. The zero-order valence-corrected chi connectivity index (χ0v) is 25.2. The van der Waals surface area contributed by atoms with Crippen molar-refractivity contribution in [1.29, 1.82) is 0 Å². The second kappa shape index (κ2) is 28.4. The van der Waals surface area contributed by atoms with Crippen LogP contribution in [-0.2, 0) is 23.9 Å². The van der Waals surface area contributed by atoms with Crippen LogP contribution in [0.25, 0.3) is 0 Å². The molecule has 40 heavy (non-hydrogen) atoms. The number of rotatable bonds is 30. The number of unbranched alkanes of at least 4 members (excludes halogenated alkanes) is 15. The quantitative estimate of drug-likeness (QED) is 0.0734. The van der Waals surface area contributed by atoms with Crippen molar-refractivity contribution < 1.29 is 34.1 Å². The summed E-state index contributed by atoms with van der Waals surface area (Å²) in [5, 5.41) is 23.3. The van der Waals surface area contributed by atoms with E-state index in [1.165, 1.54) is 64.2 Å². The Balaban J connectivity index is 3.58. The Morgan fingerprint density at radius 1 is 0.600 bits per heavy atom. The van der Waals surface area contributed by atoms with Crippen LogP contribution in [0.5, 0.6) is 0 Å². The average Bonchev–Trinajstić information content (AvgIpc) is 2.91. The number of aliphatic carboxylic acids is 2. The molecule has 0 aliphatic heterocycles. The summed E-state index contributed by atoms with van der Waals surface area (Å²) in [4.78, 5) is 46.1. The molecule has 0 bridgehead atoms. The number of ether oxygens (including phenoxy) is 1. The summed E-state index contributed by atoms with van der Waals surface area (Å²) < 4.78 is 5.35. The van der Waals surface area contributed by atoms with E-state index in [2.05, 4.69) is 10.6 Å². The predicted octanol–water partition coefficient (Wildman–Crippen LogP) is 6.38. The molecule has 9 heteroatoms. The van der Waals surface area contributed by atoms with Crippen LogP contribution >= 0.6 is 0 Å². The van der Waals surface area contributed by atoms with Gasteiger partial charge < -0.3 is 25.6 Å². The molecular weight excluding hydrogens is 512 g/mol. The fourth-order valence-corrected chi connectivity index (χ4v) is 4.57. The van der Waals surface area contributed by atoms with Gasteiger partial charge in [-0.15, -0.1) is 0 Å². The van der Waals surface area contributed by atoms with E-state index < -0.39 is 18.0 Å². The molecule has 0 aromatic carbocycles. The van der Waals surface area contributed by atoms with Gasteiger partial charge in [-0.05, 0) is 32.1 Å². The Bertz CT molecular complexity index is 658. The van der Waals surface area contributed by atoms with Crippen molar-refractivity contribution in [3.05, 3.63) is 0 Å². The molecule has 1 atom stereocenters. The molecule has 0 saturated carbocycles. The van der Waals surface area contributed by atoms with Crippen LogP contribution in [-0.4, -0.2) is 59.8 Å². The van der Waals surface area contributed by atoms with E-state index in [1.807, 2.05) is 6.92 Å². The van der Waals surface area contributed by atoms with Gasteiger partial charge in [0, 0.05) is 39.0 Å². The van der Waals surface area contributed by atoms with E-state index in [1.54, 1.807) is 0 Å². The molecule has 0 heterocycles. The minimum absolute atomic E-state index is 0.0602. The fraction of sp³-hybridized carbons (Fsp3) is 0.871. The van der Waals surface area contributed by atoms with Crippen molar-refractivity contribution in [2.24, 2.45) is 0 Å². The molecule has 0 aliphatic carbocycles. The third-order valence-electron chi connectivity index (χ3n) is 6.97. The van der Waals surface area contributed by atoms with Crippen LogP contribution in [0.15, 0.2) is 0 Å². The second-order valence-electron chi connectivity index (χ2n) is 10.9. The second-order valence-corrected chi connectivity index (χ2v) is 10.9. The Kier molecular flexibility index (Phi) is 26.8. The van der Waals surface area contributed by atoms with Gasteiger partial charge in [-0.2, -0.15) is 0 Å². The first kappa shape index (κ1) is 37.8. The van der Waals surface area contributed by atoms with Gasteiger partial charge in [0.1, 0.15) is 6.04 Å². The first-order valence-electron chi connectivity index (χ1n) is 15.9. The molecule has 9 nitrogen and oxygen atoms in total. The summed E-state index contributed by atoms with van der Waals surface area (Å²) in [6, 6.07) is -1.04. The average molecular weight is 571 g/mol. The molecule has 0 aliphatic rings. The van der Waals surface area contributed by atoms with Gasteiger partial charge in [0.05, 0.1) is 0 Å². The number of carboxylic acid groups (broad SMARTS) is 2. The van der Waals surface area contributed by atoms with Gasteiger partial charge in [-0.25, -0.2) is 4.79 Å². The van der Waals surface area contributed by atoms with Crippen LogP contribution in [0.4, 0.5) is 0 Å². The Hall–Kier alpha value is -2.16. The highest BCUT2D eigenvalue weighted by atomic mass is 16.5. The predicted molar refractivity (Wildman–Crippen MR) is 158 cm³/mol. The van der Waals surface area contributed by atoms with Gasteiger partial charge >= 0.3 is 11.9 Å². The fourth-order valence-electron chi connectivity index (χ4n) is 4.57. The summed E-state index contributed by atoms with van der Waals surface area (Å²) in [6.07, 6.45) is 20.8. The lowest BCUT2D eigenvalue weighted by molar-refractivity contribution is -0.142. The monoisotopic (exact) mass is 570 g/mol. The van der Waals surface area contributed by atoms with E-state index >= 15 is 0 Å². The van der Waals surface area contributed by atoms with Crippen molar-refractivity contribution >= 4 is 23.8 Å². The molecule has 0 fully saturated rings. The smallest absolute Gasteiger partial charge is 0.326 e. The third kappa shape index (κ3) is 27.4. The summed E-state index contributed by atoms with van der Waals surface area (Å²) in [5.74, 6) is -2.28. The first-order chi connectivity index (χ1) is 19.4. The van der Waals surface area contributed by atoms with Gasteiger partial charge in [0.2, 0.25) is 11.8 Å². The normalized spacial score (nSPS) is 11.7. The SMILES string of the molecule is CCCOCCCNC(=O)CC[C@H](NC(=O)CCCCCCCCCCCCCCCCCCC(=O)O)C(=O)O. The molecule has 0 rings (SSSR count). The van der Waals surface area contributed by atoms with E-state index in [9.17, 15) is 24.3 Å². The molecular formula is C31H58N2O7. The lowest BCUT2D eigenvalue weighted by atomic mass is 10.0. The van der Waals surface area contributed by atoms with Gasteiger partial charge in [-0.3, -0.25) is 14.4 Å². The number of hydrogen-bond donors (Lipinski definition) is 4. The largest absolute Gasteiger partial charge is 0.481 e. The maximum atomic E-state index is 12.2. The molecule has 234 valence electrons. The number of carbonyl (C=O) groups is 4. The Morgan fingerprint density at radius 2 is 1.07 bits per heavy atom. The van der Waals surface area contributed by atoms with Crippen LogP contribution in [0.3, 0.4) is 0 Å². The van der Waals surface area contributed by atoms with Crippen LogP contribution in [0, 0.1) is 0 Å². The van der Waals surface area contributed by atoms with Crippen LogP contribution < -0.4 is 10.6 Å². The topological polar surface area (TPSA) is 142 Å². The van der Waals surface area contributed by atoms with Crippen molar-refractivity contribution in [3.8, 4) is 0 Å². The maximum Gasteiger partial charge on any atom is 0.326 e. The molecule has 0 aromatic rings. The first-order valence-corrected chi connectivity index (χ1v) is 15.9. The summed E-state index contributed by atoms with van der Waals surface area (Å²) in [7, 11) is 0. The molecule has 0 aromatic heterocycles. The molecule has 0 saturated heterocycles. The standard InChI is InChI=1S/C31H58N2O7/c1-2-25-40-26-19-24-32-28(34)23-22-27(31(38)39)33-29(35)20-17-15-13-11-9-7-5-3-4-6-8-10-12-14-16-18-21-30(36)37/h27H,2-26H2,1H3,(H,32,34)(H,33,35)(H,36,37)(H,38,39)/t27-/m0/s1. The number of carbonyl (C=O) groups excluding carboxylic acids is 2.